The quantitative estimate of drug-likeness (QED) is 0.334. The predicted octanol–water partition coefficient (Wildman–Crippen LogP) is 6.32. The van der Waals surface area contributed by atoms with Gasteiger partial charge < -0.3 is 9.31 Å². The molecule has 0 aliphatic carbocycles. The van der Waals surface area contributed by atoms with Crippen molar-refractivity contribution in [1.29, 1.82) is 0 Å². The van der Waals surface area contributed by atoms with Gasteiger partial charge >= 0.3 is 7.12 Å². The first-order valence-corrected chi connectivity index (χ1v) is 11.6. The number of pyridine rings is 1. The number of aryl methyl sites for hydroxylation is 1. The van der Waals surface area contributed by atoms with Crippen molar-refractivity contribution in [2.24, 2.45) is 0 Å². The van der Waals surface area contributed by atoms with Crippen LogP contribution < -0.4 is 5.46 Å². The zero-order valence-corrected chi connectivity index (χ0v) is 19.6. The molecule has 4 heteroatoms. The van der Waals surface area contributed by atoms with Gasteiger partial charge in [0.05, 0.1) is 16.9 Å². The number of hydrogen-bond donors (Lipinski definition) is 0. The van der Waals surface area contributed by atoms with E-state index in [2.05, 4.69) is 83.1 Å². The third-order valence-corrected chi connectivity index (χ3v) is 6.83. The normalized spacial score (nSPS) is 17.4. The topological polar surface area (TPSA) is 31.4 Å². The van der Waals surface area contributed by atoms with Gasteiger partial charge in [-0.2, -0.15) is 0 Å². The summed E-state index contributed by atoms with van der Waals surface area (Å²) in [4.78, 5) is 4.71. The maximum atomic E-state index is 6.14. The van der Waals surface area contributed by atoms with Crippen LogP contribution in [0.5, 0.6) is 0 Å². The lowest BCUT2D eigenvalue weighted by Crippen LogP contribution is -2.41. The Morgan fingerprint density at radius 1 is 0.806 bits per heavy atom. The van der Waals surface area contributed by atoms with Crippen LogP contribution in [-0.4, -0.2) is 23.3 Å². The molecule has 162 valence electrons. The van der Waals surface area contributed by atoms with Crippen molar-refractivity contribution in [3.63, 3.8) is 0 Å². The molecule has 4 rings (SSSR count). The van der Waals surface area contributed by atoms with Gasteiger partial charge in [0.25, 0.3) is 0 Å². The second-order valence-electron chi connectivity index (χ2n) is 9.77. The van der Waals surface area contributed by atoms with E-state index >= 15 is 0 Å². The molecular formula is C27H34BNO2. The van der Waals surface area contributed by atoms with Crippen molar-refractivity contribution >= 4 is 23.4 Å². The zero-order valence-electron chi connectivity index (χ0n) is 19.6. The van der Waals surface area contributed by atoms with Gasteiger partial charge in [0, 0.05) is 17.2 Å². The van der Waals surface area contributed by atoms with Crippen molar-refractivity contribution < 1.29 is 9.31 Å². The lowest BCUT2D eigenvalue weighted by atomic mass is 9.80. The second-order valence-corrected chi connectivity index (χ2v) is 9.77. The number of rotatable bonds is 7. The summed E-state index contributed by atoms with van der Waals surface area (Å²) in [6.07, 6.45) is 8.25. The molecule has 1 aliphatic heterocycles. The number of aromatic nitrogens is 1. The SMILES string of the molecule is CCCCCCc1ccc2cc(-c3ccc(B4OC(C)(C)C(C)(C)O4)cn3)ccc2c1. The Kier molecular flexibility index (Phi) is 6.23. The molecule has 3 nitrogen and oxygen atoms in total. The molecule has 2 aromatic carbocycles. The van der Waals surface area contributed by atoms with Crippen molar-refractivity contribution in [2.45, 2.75) is 77.9 Å². The van der Waals surface area contributed by atoms with E-state index in [0.29, 0.717) is 0 Å². The van der Waals surface area contributed by atoms with E-state index < -0.39 is 0 Å². The Morgan fingerprint density at radius 3 is 2.19 bits per heavy atom. The highest BCUT2D eigenvalue weighted by Crippen LogP contribution is 2.36. The van der Waals surface area contributed by atoms with Crippen molar-refractivity contribution in [1.82, 2.24) is 4.98 Å². The van der Waals surface area contributed by atoms with Gasteiger partial charge in [0.15, 0.2) is 0 Å². The average molecular weight is 415 g/mol. The van der Waals surface area contributed by atoms with Crippen LogP contribution in [0.2, 0.25) is 0 Å². The minimum absolute atomic E-state index is 0.344. The average Bonchev–Trinajstić information content (AvgIpc) is 2.98. The van der Waals surface area contributed by atoms with Crippen LogP contribution in [-0.2, 0) is 15.7 Å². The molecule has 0 unspecified atom stereocenters. The summed E-state index contributed by atoms with van der Waals surface area (Å²) in [6.45, 7) is 10.5. The van der Waals surface area contributed by atoms with Crippen LogP contribution in [0.4, 0.5) is 0 Å². The molecule has 1 aliphatic rings. The van der Waals surface area contributed by atoms with Crippen LogP contribution in [0.3, 0.4) is 0 Å². The highest BCUT2D eigenvalue weighted by molar-refractivity contribution is 6.62. The zero-order chi connectivity index (χ0) is 22.1. The first-order valence-electron chi connectivity index (χ1n) is 11.6. The summed E-state index contributed by atoms with van der Waals surface area (Å²) in [7, 11) is -0.376. The summed E-state index contributed by atoms with van der Waals surface area (Å²) >= 11 is 0. The standard InChI is InChI=1S/C27H34BNO2/c1-6-7-8-9-10-20-11-12-22-18-23(14-13-21(22)17-20)25-16-15-24(19-29-25)28-30-26(2,3)27(4,5)31-28/h11-19H,6-10H2,1-5H3. The number of nitrogens with zero attached hydrogens (tertiary/aromatic N) is 1. The van der Waals surface area contributed by atoms with Gasteiger partial charge in [-0.25, -0.2) is 0 Å². The molecule has 0 spiro atoms. The Hall–Kier alpha value is -2.17. The Labute approximate surface area is 187 Å². The number of benzene rings is 2. The molecule has 3 aromatic rings. The smallest absolute Gasteiger partial charge is 0.399 e. The third kappa shape index (κ3) is 4.71. The van der Waals surface area contributed by atoms with E-state index in [-0.39, 0.29) is 18.3 Å². The fraction of sp³-hybridized carbons (Fsp3) is 0.444. The molecule has 31 heavy (non-hydrogen) atoms. The molecule has 2 heterocycles. The van der Waals surface area contributed by atoms with Crippen LogP contribution in [0.25, 0.3) is 22.0 Å². The monoisotopic (exact) mass is 415 g/mol. The van der Waals surface area contributed by atoms with Crippen molar-refractivity contribution in [3.05, 3.63) is 60.3 Å². The summed E-state index contributed by atoms with van der Waals surface area (Å²) in [6, 6.07) is 17.6. The van der Waals surface area contributed by atoms with Crippen molar-refractivity contribution in [2.75, 3.05) is 0 Å². The van der Waals surface area contributed by atoms with E-state index in [1.807, 2.05) is 6.20 Å². The van der Waals surface area contributed by atoms with Gasteiger partial charge in [-0.1, -0.05) is 62.6 Å². The van der Waals surface area contributed by atoms with Crippen molar-refractivity contribution in [3.8, 4) is 11.3 Å². The van der Waals surface area contributed by atoms with Gasteiger partial charge in [0.2, 0.25) is 0 Å². The summed E-state index contributed by atoms with van der Waals surface area (Å²) in [5.74, 6) is 0. The van der Waals surface area contributed by atoms with Gasteiger partial charge in [-0.3, -0.25) is 4.98 Å². The van der Waals surface area contributed by atoms with E-state index in [1.165, 1.54) is 48.4 Å². The Balaban J connectivity index is 1.48. The molecule has 0 N–H and O–H groups in total. The lowest BCUT2D eigenvalue weighted by Gasteiger charge is -2.32. The molecule has 1 saturated heterocycles. The first kappa shape index (κ1) is 22.0. The van der Waals surface area contributed by atoms with Gasteiger partial charge in [-0.05, 0) is 69.0 Å². The van der Waals surface area contributed by atoms with Gasteiger partial charge in [-0.15, -0.1) is 0 Å². The molecule has 0 saturated carbocycles. The summed E-state index contributed by atoms with van der Waals surface area (Å²) in [5, 5.41) is 2.55. The molecule has 1 fully saturated rings. The Morgan fingerprint density at radius 2 is 1.52 bits per heavy atom. The van der Waals surface area contributed by atoms with E-state index in [4.69, 9.17) is 14.3 Å². The van der Waals surface area contributed by atoms with E-state index in [1.54, 1.807) is 0 Å². The molecule has 0 bridgehead atoms. The molecule has 0 amide bonds. The number of fused-ring (bicyclic) bond motifs is 1. The lowest BCUT2D eigenvalue weighted by molar-refractivity contribution is 0.00578. The van der Waals surface area contributed by atoms with Crippen LogP contribution in [0, 0.1) is 0 Å². The Bertz CT molecular complexity index is 1030. The van der Waals surface area contributed by atoms with E-state index in [9.17, 15) is 0 Å². The number of unbranched alkanes of at least 4 members (excludes halogenated alkanes) is 3. The second kappa shape index (κ2) is 8.76. The maximum absolute atomic E-state index is 6.14. The van der Waals surface area contributed by atoms with Crippen LogP contribution in [0.1, 0.15) is 65.9 Å². The molecule has 0 radical (unpaired) electrons. The molecular weight excluding hydrogens is 381 g/mol. The molecule has 1 aromatic heterocycles. The van der Waals surface area contributed by atoms with Crippen LogP contribution in [0.15, 0.2) is 54.7 Å². The predicted molar refractivity (Wildman–Crippen MR) is 131 cm³/mol. The fourth-order valence-electron chi connectivity index (χ4n) is 4.06. The summed E-state index contributed by atoms with van der Waals surface area (Å²) in [5.41, 5.74) is 3.79. The maximum Gasteiger partial charge on any atom is 0.496 e. The fourth-order valence-corrected chi connectivity index (χ4v) is 4.06. The van der Waals surface area contributed by atoms with E-state index in [0.717, 1.165) is 16.7 Å². The minimum atomic E-state index is -0.376. The summed E-state index contributed by atoms with van der Waals surface area (Å²) < 4.78 is 12.3. The largest absolute Gasteiger partial charge is 0.496 e. The highest BCUT2D eigenvalue weighted by Gasteiger charge is 2.51. The first-order chi connectivity index (χ1) is 14.8. The van der Waals surface area contributed by atoms with Crippen LogP contribution >= 0.6 is 0 Å². The van der Waals surface area contributed by atoms with Gasteiger partial charge in [0.1, 0.15) is 0 Å². The third-order valence-electron chi connectivity index (χ3n) is 6.83. The highest BCUT2D eigenvalue weighted by atomic mass is 16.7. The number of hydrogen-bond acceptors (Lipinski definition) is 3. The minimum Gasteiger partial charge on any atom is -0.399 e. The molecule has 0 atom stereocenters.